The van der Waals surface area contributed by atoms with E-state index in [4.69, 9.17) is 14.2 Å². The summed E-state index contributed by atoms with van der Waals surface area (Å²) in [5.41, 5.74) is 3.59. The standard InChI is InChI=1S/C27H34N4O4/c1-18-19(2)31(16-21-6-4-11-33-21)27(22(18)15-28)29-26(32)17-30-10-3-7-23(30)20-8-9-24-25(14-20)35-13-5-12-34-24/h8-9,14,21,23H,3-7,10-13,16-17H2,1-2H3,(H,29,32)/t21-,23+/m1/s1. The zero-order chi connectivity index (χ0) is 24.4. The third kappa shape index (κ3) is 4.89. The molecule has 1 N–H and O–H groups in total. The second-order valence-electron chi connectivity index (χ2n) is 9.72. The number of benzene rings is 1. The first-order chi connectivity index (χ1) is 17.0. The summed E-state index contributed by atoms with van der Waals surface area (Å²) < 4.78 is 19.5. The van der Waals surface area contributed by atoms with Crippen LogP contribution in [-0.4, -0.2) is 54.4 Å². The van der Waals surface area contributed by atoms with E-state index in [0.717, 1.165) is 73.6 Å². The fraction of sp³-hybridized carbons (Fsp3) is 0.556. The molecule has 1 amide bonds. The molecule has 35 heavy (non-hydrogen) atoms. The molecule has 2 fully saturated rings. The fourth-order valence-electron chi connectivity index (χ4n) is 5.49. The number of carbonyl (C=O) groups is 1. The normalized spacial score (nSPS) is 22.1. The van der Waals surface area contributed by atoms with Crippen LogP contribution in [-0.2, 0) is 16.1 Å². The van der Waals surface area contributed by atoms with Crippen LogP contribution in [0.3, 0.4) is 0 Å². The fourth-order valence-corrected chi connectivity index (χ4v) is 5.49. The number of rotatable bonds is 6. The van der Waals surface area contributed by atoms with E-state index >= 15 is 0 Å². The Balaban J connectivity index is 1.32. The lowest BCUT2D eigenvalue weighted by Crippen LogP contribution is -2.33. The van der Waals surface area contributed by atoms with Gasteiger partial charge in [0.15, 0.2) is 11.5 Å². The average molecular weight is 479 g/mol. The number of hydrogen-bond acceptors (Lipinski definition) is 6. The van der Waals surface area contributed by atoms with Gasteiger partial charge in [0.2, 0.25) is 5.91 Å². The van der Waals surface area contributed by atoms with Crippen LogP contribution in [0.5, 0.6) is 11.5 Å². The number of nitriles is 1. The first kappa shape index (κ1) is 23.7. The van der Waals surface area contributed by atoms with Crippen LogP contribution in [0.15, 0.2) is 18.2 Å². The molecule has 3 aliphatic rings. The van der Waals surface area contributed by atoms with Crippen LogP contribution in [0.2, 0.25) is 0 Å². The third-order valence-corrected chi connectivity index (χ3v) is 7.48. The highest BCUT2D eigenvalue weighted by Crippen LogP contribution is 2.38. The monoisotopic (exact) mass is 478 g/mol. The number of anilines is 1. The van der Waals surface area contributed by atoms with Crippen molar-refractivity contribution in [2.24, 2.45) is 0 Å². The second-order valence-corrected chi connectivity index (χ2v) is 9.72. The smallest absolute Gasteiger partial charge is 0.239 e. The Morgan fingerprint density at radius 1 is 1.11 bits per heavy atom. The van der Waals surface area contributed by atoms with Gasteiger partial charge in [0.05, 0.1) is 38.0 Å². The summed E-state index contributed by atoms with van der Waals surface area (Å²) in [6.45, 7) is 7.80. The predicted molar refractivity (Wildman–Crippen MR) is 132 cm³/mol. The lowest BCUT2D eigenvalue weighted by molar-refractivity contribution is -0.117. The summed E-state index contributed by atoms with van der Waals surface area (Å²) in [6.07, 6.45) is 5.06. The van der Waals surface area contributed by atoms with E-state index in [1.807, 2.05) is 24.5 Å². The summed E-state index contributed by atoms with van der Waals surface area (Å²) in [7, 11) is 0. The molecule has 3 aliphatic heterocycles. The van der Waals surface area contributed by atoms with E-state index in [2.05, 4.69) is 28.4 Å². The van der Waals surface area contributed by atoms with Gasteiger partial charge in [-0.05, 0) is 69.3 Å². The van der Waals surface area contributed by atoms with Crippen molar-refractivity contribution in [2.45, 2.75) is 64.6 Å². The molecule has 0 radical (unpaired) electrons. The number of carbonyl (C=O) groups excluding carboxylic acids is 1. The van der Waals surface area contributed by atoms with Crippen LogP contribution < -0.4 is 14.8 Å². The molecule has 0 spiro atoms. The van der Waals surface area contributed by atoms with Gasteiger partial charge >= 0.3 is 0 Å². The maximum Gasteiger partial charge on any atom is 0.239 e. The molecular weight excluding hydrogens is 444 g/mol. The van der Waals surface area contributed by atoms with Crippen molar-refractivity contribution in [1.29, 1.82) is 5.26 Å². The highest BCUT2D eigenvalue weighted by Gasteiger charge is 2.30. The van der Waals surface area contributed by atoms with Crippen molar-refractivity contribution in [3.05, 3.63) is 40.6 Å². The molecule has 4 heterocycles. The molecule has 0 saturated carbocycles. The Kier molecular flexibility index (Phi) is 6.98. The van der Waals surface area contributed by atoms with Gasteiger partial charge in [-0.3, -0.25) is 9.69 Å². The maximum atomic E-state index is 13.3. The van der Waals surface area contributed by atoms with E-state index in [1.54, 1.807) is 0 Å². The molecule has 8 heteroatoms. The summed E-state index contributed by atoms with van der Waals surface area (Å²) in [4.78, 5) is 15.5. The van der Waals surface area contributed by atoms with Gasteiger partial charge in [0.1, 0.15) is 11.9 Å². The van der Waals surface area contributed by atoms with Gasteiger partial charge in [0.25, 0.3) is 0 Å². The zero-order valence-corrected chi connectivity index (χ0v) is 20.6. The minimum atomic E-state index is -0.103. The number of amides is 1. The minimum absolute atomic E-state index is 0.103. The number of likely N-dealkylation sites (tertiary alicyclic amines) is 1. The Morgan fingerprint density at radius 3 is 2.71 bits per heavy atom. The average Bonchev–Trinajstić information content (AvgIpc) is 3.53. The molecule has 0 bridgehead atoms. The molecule has 186 valence electrons. The van der Waals surface area contributed by atoms with E-state index in [1.165, 1.54) is 0 Å². The molecule has 0 unspecified atom stereocenters. The van der Waals surface area contributed by atoms with E-state index in [9.17, 15) is 10.1 Å². The van der Waals surface area contributed by atoms with Crippen LogP contribution in [0.1, 0.15) is 60.5 Å². The molecule has 5 rings (SSSR count). The molecule has 1 aromatic carbocycles. The van der Waals surface area contributed by atoms with Crippen molar-refractivity contribution < 1.29 is 19.0 Å². The number of fused-ring (bicyclic) bond motifs is 1. The lowest BCUT2D eigenvalue weighted by Gasteiger charge is -2.25. The molecule has 2 saturated heterocycles. The molecule has 2 aromatic rings. The number of nitrogens with one attached hydrogen (secondary N) is 1. The first-order valence-electron chi connectivity index (χ1n) is 12.7. The molecular formula is C27H34N4O4. The van der Waals surface area contributed by atoms with E-state index < -0.39 is 0 Å². The largest absolute Gasteiger partial charge is 0.490 e. The quantitative estimate of drug-likeness (QED) is 0.673. The lowest BCUT2D eigenvalue weighted by atomic mass is 10.0. The highest BCUT2D eigenvalue weighted by molar-refractivity contribution is 5.93. The summed E-state index contributed by atoms with van der Waals surface area (Å²) >= 11 is 0. The van der Waals surface area contributed by atoms with Crippen LogP contribution in [0.4, 0.5) is 5.82 Å². The van der Waals surface area contributed by atoms with Crippen molar-refractivity contribution >= 4 is 11.7 Å². The Hall–Kier alpha value is -3.02. The number of ether oxygens (including phenoxy) is 3. The predicted octanol–water partition coefficient (Wildman–Crippen LogP) is 4.09. The van der Waals surface area contributed by atoms with E-state index in [-0.39, 0.29) is 24.6 Å². The van der Waals surface area contributed by atoms with Crippen molar-refractivity contribution in [3.63, 3.8) is 0 Å². The zero-order valence-electron chi connectivity index (χ0n) is 20.6. The number of aromatic nitrogens is 1. The third-order valence-electron chi connectivity index (χ3n) is 7.48. The van der Waals surface area contributed by atoms with Crippen molar-refractivity contribution in [3.8, 4) is 17.6 Å². The molecule has 0 aliphatic carbocycles. The second kappa shape index (κ2) is 10.3. The van der Waals surface area contributed by atoms with Gasteiger partial charge in [0, 0.05) is 24.8 Å². The van der Waals surface area contributed by atoms with Gasteiger partial charge in [-0.15, -0.1) is 0 Å². The van der Waals surface area contributed by atoms with Crippen LogP contribution in [0.25, 0.3) is 0 Å². The van der Waals surface area contributed by atoms with Crippen molar-refractivity contribution in [2.75, 3.05) is 38.2 Å². The van der Waals surface area contributed by atoms with Crippen molar-refractivity contribution in [1.82, 2.24) is 9.47 Å². The summed E-state index contributed by atoms with van der Waals surface area (Å²) in [6, 6.07) is 8.58. The first-order valence-corrected chi connectivity index (χ1v) is 12.7. The van der Waals surface area contributed by atoms with Crippen LogP contribution in [0, 0.1) is 25.2 Å². The van der Waals surface area contributed by atoms with Gasteiger partial charge in [-0.2, -0.15) is 5.26 Å². The Morgan fingerprint density at radius 2 is 1.94 bits per heavy atom. The van der Waals surface area contributed by atoms with Gasteiger partial charge in [-0.25, -0.2) is 0 Å². The highest BCUT2D eigenvalue weighted by atomic mass is 16.5. The van der Waals surface area contributed by atoms with E-state index in [0.29, 0.717) is 31.1 Å². The topological polar surface area (TPSA) is 88.8 Å². The van der Waals surface area contributed by atoms with Gasteiger partial charge < -0.3 is 24.1 Å². The Bertz CT molecular complexity index is 1130. The molecule has 1 aromatic heterocycles. The van der Waals surface area contributed by atoms with Crippen LogP contribution >= 0.6 is 0 Å². The summed E-state index contributed by atoms with van der Waals surface area (Å²) in [5, 5.41) is 12.9. The molecule has 8 nitrogen and oxygen atoms in total. The summed E-state index contributed by atoms with van der Waals surface area (Å²) in [5.74, 6) is 2.06. The maximum absolute atomic E-state index is 13.3. The number of nitrogens with zero attached hydrogens (tertiary/aromatic N) is 3. The SMILES string of the molecule is Cc1c(C#N)c(NC(=O)CN2CCC[C@H]2c2ccc3c(c2)OCCCO3)n(C[C@H]2CCCO2)c1C. The molecule has 2 atom stereocenters. The minimum Gasteiger partial charge on any atom is -0.490 e. The number of hydrogen-bond donors (Lipinski definition) is 1. The van der Waals surface area contributed by atoms with Gasteiger partial charge in [-0.1, -0.05) is 6.07 Å². The Labute approximate surface area is 206 Å².